The van der Waals surface area contributed by atoms with Crippen molar-refractivity contribution in [2.75, 3.05) is 13.1 Å². The number of nitrogens with zero attached hydrogens (tertiary/aromatic N) is 1. The molecule has 2 aliphatic rings. The number of hydrogen-bond acceptors (Lipinski definition) is 3. The molecule has 1 aromatic heterocycles. The highest BCUT2D eigenvalue weighted by Gasteiger charge is 2.28. The molecule has 2 atom stereocenters. The lowest BCUT2D eigenvalue weighted by molar-refractivity contribution is 0.237. The Kier molecular flexibility index (Phi) is 5.14. The molecule has 1 heterocycles. The van der Waals surface area contributed by atoms with Gasteiger partial charge in [-0.3, -0.25) is 4.90 Å². The molecule has 2 saturated carbocycles. The third-order valence-corrected chi connectivity index (χ3v) is 5.53. The van der Waals surface area contributed by atoms with Crippen molar-refractivity contribution in [2.45, 2.75) is 64.1 Å². The van der Waals surface area contributed by atoms with Crippen LogP contribution in [-0.2, 0) is 6.54 Å². The summed E-state index contributed by atoms with van der Waals surface area (Å²) in [4.78, 5) is 2.68. The molecule has 2 aliphatic carbocycles. The molecule has 1 aromatic rings. The maximum Gasteiger partial charge on any atom is 0.0245 e. The lowest BCUT2D eigenvalue weighted by Crippen LogP contribution is -2.39. The molecule has 20 heavy (non-hydrogen) atoms. The first-order valence-corrected chi connectivity index (χ1v) is 9.24. The topological polar surface area (TPSA) is 15.3 Å². The van der Waals surface area contributed by atoms with Crippen LogP contribution in [0.5, 0.6) is 0 Å². The van der Waals surface area contributed by atoms with E-state index in [1.807, 2.05) is 11.3 Å². The predicted molar refractivity (Wildman–Crippen MR) is 87.2 cm³/mol. The first-order chi connectivity index (χ1) is 9.81. The van der Waals surface area contributed by atoms with Crippen molar-refractivity contribution >= 4 is 11.3 Å². The average molecular weight is 292 g/mol. The van der Waals surface area contributed by atoms with Gasteiger partial charge in [0.1, 0.15) is 0 Å². The summed E-state index contributed by atoms with van der Waals surface area (Å²) < 4.78 is 0. The van der Waals surface area contributed by atoms with Crippen LogP contribution in [-0.4, -0.2) is 30.1 Å². The van der Waals surface area contributed by atoms with Gasteiger partial charge in [-0.1, -0.05) is 19.8 Å². The number of hydrogen-bond donors (Lipinski definition) is 1. The normalized spacial score (nSPS) is 27.1. The quantitative estimate of drug-likeness (QED) is 0.820. The summed E-state index contributed by atoms with van der Waals surface area (Å²) in [7, 11) is 0. The van der Waals surface area contributed by atoms with E-state index in [-0.39, 0.29) is 0 Å². The van der Waals surface area contributed by atoms with Crippen LogP contribution in [0.25, 0.3) is 0 Å². The molecule has 3 heteroatoms. The van der Waals surface area contributed by atoms with Crippen molar-refractivity contribution in [3.63, 3.8) is 0 Å². The van der Waals surface area contributed by atoms with E-state index in [9.17, 15) is 0 Å². The van der Waals surface area contributed by atoms with Gasteiger partial charge in [0.2, 0.25) is 0 Å². The second-order valence-electron chi connectivity index (χ2n) is 6.76. The Hall–Kier alpha value is -0.380. The molecule has 0 saturated heterocycles. The fourth-order valence-corrected chi connectivity index (χ4v) is 4.14. The van der Waals surface area contributed by atoms with E-state index in [0.717, 1.165) is 31.1 Å². The molecule has 0 amide bonds. The molecule has 1 N–H and O–H groups in total. The molecule has 112 valence electrons. The molecule has 2 nitrogen and oxygen atoms in total. The third kappa shape index (κ3) is 4.31. The van der Waals surface area contributed by atoms with E-state index in [0.29, 0.717) is 0 Å². The molecule has 3 rings (SSSR count). The first kappa shape index (κ1) is 14.6. The van der Waals surface area contributed by atoms with Crippen LogP contribution in [0.4, 0.5) is 0 Å². The highest BCUT2D eigenvalue weighted by molar-refractivity contribution is 7.07. The van der Waals surface area contributed by atoms with Crippen molar-refractivity contribution in [3.05, 3.63) is 22.4 Å². The monoisotopic (exact) mass is 292 g/mol. The second-order valence-corrected chi connectivity index (χ2v) is 7.54. The Labute approximate surface area is 127 Å². The summed E-state index contributed by atoms with van der Waals surface area (Å²) >= 11 is 1.82. The van der Waals surface area contributed by atoms with E-state index in [2.05, 4.69) is 34.0 Å². The van der Waals surface area contributed by atoms with Gasteiger partial charge in [-0.2, -0.15) is 11.3 Å². The van der Waals surface area contributed by atoms with Crippen LogP contribution in [0, 0.1) is 5.92 Å². The van der Waals surface area contributed by atoms with Crippen molar-refractivity contribution in [1.82, 2.24) is 10.2 Å². The van der Waals surface area contributed by atoms with Crippen molar-refractivity contribution in [3.8, 4) is 0 Å². The fourth-order valence-electron chi connectivity index (χ4n) is 3.48. The zero-order valence-corrected chi connectivity index (χ0v) is 13.5. The molecule has 0 spiro atoms. The molecular weight excluding hydrogens is 264 g/mol. The van der Waals surface area contributed by atoms with E-state index >= 15 is 0 Å². The summed E-state index contributed by atoms with van der Waals surface area (Å²) in [6.45, 7) is 5.93. The Morgan fingerprint density at radius 2 is 2.20 bits per heavy atom. The van der Waals surface area contributed by atoms with Crippen LogP contribution < -0.4 is 5.32 Å². The number of rotatable bonds is 7. The number of nitrogens with one attached hydrogen (secondary N) is 1. The summed E-state index contributed by atoms with van der Waals surface area (Å²) in [6.07, 6.45) is 8.44. The first-order valence-electron chi connectivity index (χ1n) is 8.30. The summed E-state index contributed by atoms with van der Waals surface area (Å²) in [5.41, 5.74) is 1.49. The number of thiophene rings is 1. The Bertz CT molecular complexity index is 386. The molecule has 0 aliphatic heterocycles. The standard InChI is InChI=1S/C17H28N2S/c1-14-3-2-4-16(11-14)18-8-9-19(17-5-6-17)12-15-7-10-20-13-15/h7,10,13-14,16-18H,2-6,8-9,11-12H2,1H3. The SMILES string of the molecule is CC1CCCC(NCCN(Cc2ccsc2)C2CC2)C1. The van der Waals surface area contributed by atoms with Crippen LogP contribution >= 0.6 is 11.3 Å². The Balaban J connectivity index is 1.41. The van der Waals surface area contributed by atoms with Gasteiger partial charge in [0.05, 0.1) is 0 Å². The molecular formula is C17H28N2S. The van der Waals surface area contributed by atoms with E-state index < -0.39 is 0 Å². The van der Waals surface area contributed by atoms with Gasteiger partial charge in [0, 0.05) is 31.7 Å². The zero-order chi connectivity index (χ0) is 13.8. The fraction of sp³-hybridized carbons (Fsp3) is 0.765. The molecule has 0 bridgehead atoms. The smallest absolute Gasteiger partial charge is 0.0245 e. The lowest BCUT2D eigenvalue weighted by atomic mass is 9.87. The van der Waals surface area contributed by atoms with Crippen LogP contribution in [0.15, 0.2) is 16.8 Å². The summed E-state index contributed by atoms with van der Waals surface area (Å²) in [6, 6.07) is 3.92. The average Bonchev–Trinajstić information content (AvgIpc) is 3.16. The van der Waals surface area contributed by atoms with Gasteiger partial charge in [-0.05, 0) is 54.0 Å². The van der Waals surface area contributed by atoms with Crippen molar-refractivity contribution < 1.29 is 0 Å². The van der Waals surface area contributed by atoms with Gasteiger partial charge >= 0.3 is 0 Å². The lowest BCUT2D eigenvalue weighted by Gasteiger charge is -2.29. The third-order valence-electron chi connectivity index (χ3n) is 4.80. The summed E-state index contributed by atoms with van der Waals surface area (Å²) in [5.74, 6) is 0.923. The predicted octanol–water partition coefficient (Wildman–Crippen LogP) is 3.88. The Morgan fingerprint density at radius 3 is 2.90 bits per heavy atom. The second kappa shape index (κ2) is 7.06. The van der Waals surface area contributed by atoms with Gasteiger partial charge in [0.15, 0.2) is 0 Å². The zero-order valence-electron chi connectivity index (χ0n) is 12.7. The molecule has 2 unspecified atom stereocenters. The minimum Gasteiger partial charge on any atom is -0.313 e. The minimum atomic E-state index is 0.779. The highest BCUT2D eigenvalue weighted by atomic mass is 32.1. The van der Waals surface area contributed by atoms with Crippen LogP contribution in [0.1, 0.15) is 51.0 Å². The molecule has 0 radical (unpaired) electrons. The van der Waals surface area contributed by atoms with Crippen LogP contribution in [0.2, 0.25) is 0 Å². The van der Waals surface area contributed by atoms with Gasteiger partial charge < -0.3 is 5.32 Å². The van der Waals surface area contributed by atoms with Crippen molar-refractivity contribution in [1.29, 1.82) is 0 Å². The maximum atomic E-state index is 3.81. The van der Waals surface area contributed by atoms with Crippen molar-refractivity contribution in [2.24, 2.45) is 5.92 Å². The Morgan fingerprint density at radius 1 is 1.30 bits per heavy atom. The summed E-state index contributed by atoms with van der Waals surface area (Å²) in [5, 5.41) is 8.30. The van der Waals surface area contributed by atoms with Crippen LogP contribution in [0.3, 0.4) is 0 Å². The van der Waals surface area contributed by atoms with E-state index in [1.54, 1.807) is 0 Å². The van der Waals surface area contributed by atoms with Gasteiger partial charge in [-0.25, -0.2) is 0 Å². The van der Waals surface area contributed by atoms with E-state index in [1.165, 1.54) is 50.6 Å². The maximum absolute atomic E-state index is 3.81. The van der Waals surface area contributed by atoms with E-state index in [4.69, 9.17) is 0 Å². The highest BCUT2D eigenvalue weighted by Crippen LogP contribution is 2.28. The molecule has 2 fully saturated rings. The minimum absolute atomic E-state index is 0.779. The molecule has 0 aromatic carbocycles. The van der Waals surface area contributed by atoms with Gasteiger partial charge in [0.25, 0.3) is 0 Å². The largest absolute Gasteiger partial charge is 0.313 e. The van der Waals surface area contributed by atoms with Gasteiger partial charge in [-0.15, -0.1) is 0 Å².